The third-order valence-corrected chi connectivity index (χ3v) is 11.3. The Morgan fingerprint density at radius 3 is 1.63 bits per heavy atom. The minimum Gasteiger partial charge on any atom is -0.461 e. The Morgan fingerprint density at radius 1 is 0.780 bits per heavy atom. The molecule has 8 rings (SSSR count). The average molecular weight is 603 g/mol. The number of carbonyl (C=O) groups is 5. The minimum atomic E-state index is -6.13. The molecule has 0 radical (unpaired) electrons. The van der Waals surface area contributed by atoms with E-state index in [-0.39, 0.29) is 59.9 Å². The summed E-state index contributed by atoms with van der Waals surface area (Å²) in [5.41, 5.74) is -1.86. The molecule has 0 aromatic heterocycles. The van der Waals surface area contributed by atoms with Gasteiger partial charge in [-0.25, -0.2) is 4.79 Å². The van der Waals surface area contributed by atoms with E-state index in [2.05, 4.69) is 4.74 Å². The highest BCUT2D eigenvalue weighted by atomic mass is 32.2. The molecule has 8 saturated carbocycles. The van der Waals surface area contributed by atoms with Crippen molar-refractivity contribution in [3.05, 3.63) is 0 Å². The SMILES string of the molecule is O=C1C2CC3CC1CC(C(=O)OCC(COC(=O)C(F)(F)S(=O)(=O)O)OC(=O)C14CC5CC(C1)C(=O)C(C5)C4)(C3)C2. The van der Waals surface area contributed by atoms with Crippen LogP contribution in [0.3, 0.4) is 0 Å². The van der Waals surface area contributed by atoms with Gasteiger partial charge in [0.1, 0.15) is 24.8 Å². The summed E-state index contributed by atoms with van der Waals surface area (Å²) in [4.78, 5) is 63.7. The zero-order valence-electron chi connectivity index (χ0n) is 22.2. The molecule has 0 aromatic rings. The molecule has 1 N–H and O–H groups in total. The minimum absolute atomic E-state index is 0.130. The zero-order valence-corrected chi connectivity index (χ0v) is 23.0. The number of ketones is 2. The van der Waals surface area contributed by atoms with Gasteiger partial charge in [-0.05, 0) is 76.0 Å². The smallest absolute Gasteiger partial charge is 0.461 e. The molecule has 0 amide bonds. The second kappa shape index (κ2) is 9.51. The monoisotopic (exact) mass is 602 g/mol. The first kappa shape index (κ1) is 28.6. The van der Waals surface area contributed by atoms with Crippen LogP contribution in [0.1, 0.15) is 64.2 Å². The van der Waals surface area contributed by atoms with E-state index in [0.717, 1.165) is 12.8 Å². The summed E-state index contributed by atoms with van der Waals surface area (Å²) in [6.45, 7) is -1.72. The summed E-state index contributed by atoms with van der Waals surface area (Å²) >= 11 is 0. The highest BCUT2D eigenvalue weighted by Crippen LogP contribution is 2.60. The Morgan fingerprint density at radius 2 is 1.20 bits per heavy atom. The molecule has 41 heavy (non-hydrogen) atoms. The van der Waals surface area contributed by atoms with Gasteiger partial charge < -0.3 is 14.2 Å². The van der Waals surface area contributed by atoms with E-state index in [0.29, 0.717) is 38.5 Å². The van der Waals surface area contributed by atoms with Crippen molar-refractivity contribution in [3.8, 4) is 0 Å². The standard InChI is InChI=1S/C27H32F2O11S/c28-27(29,41(35,36)37)24(34)39-12-19(40-23(33)26-6-14-3-17(9-26)21(31)18(4-14)10-26)11-38-22(32)25-5-13-1-15(7-25)20(30)16(2-13)8-25/h13-19H,1-12H2,(H,35,36,37). The molecular weight excluding hydrogens is 570 g/mol. The van der Waals surface area contributed by atoms with E-state index in [4.69, 9.17) is 14.0 Å². The predicted octanol–water partition coefficient (Wildman–Crippen LogP) is 2.26. The zero-order chi connectivity index (χ0) is 29.5. The Kier molecular flexibility index (Phi) is 6.64. The van der Waals surface area contributed by atoms with Crippen LogP contribution in [0.2, 0.25) is 0 Å². The Labute approximate surface area is 234 Å². The molecule has 0 spiro atoms. The molecule has 8 aliphatic carbocycles. The van der Waals surface area contributed by atoms with Crippen LogP contribution in [-0.4, -0.2) is 67.0 Å². The highest BCUT2D eigenvalue weighted by Gasteiger charge is 2.61. The number of halogens is 2. The van der Waals surface area contributed by atoms with Crippen LogP contribution in [0.5, 0.6) is 0 Å². The van der Waals surface area contributed by atoms with Crippen LogP contribution >= 0.6 is 0 Å². The van der Waals surface area contributed by atoms with Crippen molar-refractivity contribution in [2.45, 2.75) is 75.6 Å². The lowest BCUT2D eigenvalue weighted by molar-refractivity contribution is -0.193. The van der Waals surface area contributed by atoms with E-state index >= 15 is 0 Å². The predicted molar refractivity (Wildman–Crippen MR) is 130 cm³/mol. The second-order valence-corrected chi connectivity index (χ2v) is 14.7. The summed E-state index contributed by atoms with van der Waals surface area (Å²) in [5.74, 6) is -4.20. The van der Waals surface area contributed by atoms with Gasteiger partial charge in [0.2, 0.25) is 0 Å². The van der Waals surface area contributed by atoms with Gasteiger partial charge in [0, 0.05) is 23.7 Å². The number of hydrogen-bond donors (Lipinski definition) is 1. The number of esters is 3. The van der Waals surface area contributed by atoms with Crippen LogP contribution in [0, 0.1) is 46.3 Å². The summed E-state index contributed by atoms with van der Waals surface area (Å²) in [5, 5.41) is -5.26. The molecule has 226 valence electrons. The number of ether oxygens (including phenoxy) is 3. The summed E-state index contributed by atoms with van der Waals surface area (Å²) in [6.07, 6.45) is 3.60. The third kappa shape index (κ3) is 4.68. The fourth-order valence-corrected chi connectivity index (χ4v) is 9.34. The van der Waals surface area contributed by atoms with Crippen LogP contribution in [0.15, 0.2) is 0 Å². The number of alkyl halides is 2. The van der Waals surface area contributed by atoms with Gasteiger partial charge in [0.15, 0.2) is 6.10 Å². The Hall–Kier alpha value is -2.48. The van der Waals surface area contributed by atoms with Gasteiger partial charge in [-0.3, -0.25) is 23.7 Å². The van der Waals surface area contributed by atoms with Crippen LogP contribution in [-0.2, 0) is 48.3 Å². The van der Waals surface area contributed by atoms with Crippen molar-refractivity contribution >= 4 is 39.6 Å². The van der Waals surface area contributed by atoms with Gasteiger partial charge in [0.25, 0.3) is 0 Å². The number of rotatable bonds is 9. The van der Waals surface area contributed by atoms with E-state index in [1.807, 2.05) is 0 Å². The van der Waals surface area contributed by atoms with Gasteiger partial charge in [-0.15, -0.1) is 0 Å². The van der Waals surface area contributed by atoms with Crippen molar-refractivity contribution in [3.63, 3.8) is 0 Å². The first-order chi connectivity index (χ1) is 19.1. The van der Waals surface area contributed by atoms with Gasteiger partial charge >= 0.3 is 33.3 Å². The molecule has 8 fully saturated rings. The van der Waals surface area contributed by atoms with Crippen LogP contribution in [0.4, 0.5) is 8.78 Å². The highest BCUT2D eigenvalue weighted by molar-refractivity contribution is 7.87. The number of Topliss-reactive ketones (excluding diaryl/α,β-unsaturated/α-hetero) is 2. The fourth-order valence-electron chi connectivity index (χ4n) is 9.07. The van der Waals surface area contributed by atoms with E-state index in [1.54, 1.807) is 0 Å². The molecule has 0 aromatic carbocycles. The van der Waals surface area contributed by atoms with Gasteiger partial charge in [-0.1, -0.05) is 0 Å². The van der Waals surface area contributed by atoms with E-state index < -0.39 is 63.4 Å². The summed E-state index contributed by atoms with van der Waals surface area (Å²) in [6, 6.07) is 0. The number of carbonyl (C=O) groups excluding carboxylic acids is 5. The maximum Gasteiger partial charge on any atom is 0.465 e. The average Bonchev–Trinajstić information content (AvgIpc) is 2.89. The van der Waals surface area contributed by atoms with Crippen molar-refractivity contribution in [1.82, 2.24) is 0 Å². The van der Waals surface area contributed by atoms with Crippen molar-refractivity contribution in [1.29, 1.82) is 0 Å². The van der Waals surface area contributed by atoms with Crippen molar-refractivity contribution in [2.75, 3.05) is 13.2 Å². The molecule has 14 heteroatoms. The molecule has 8 bridgehead atoms. The Bertz CT molecular complexity index is 1270. The molecule has 0 aliphatic heterocycles. The summed E-state index contributed by atoms with van der Waals surface area (Å²) in [7, 11) is -6.13. The Balaban J connectivity index is 1.16. The van der Waals surface area contributed by atoms with Crippen LogP contribution in [0.25, 0.3) is 0 Å². The van der Waals surface area contributed by atoms with Gasteiger partial charge in [-0.2, -0.15) is 17.2 Å². The largest absolute Gasteiger partial charge is 0.465 e. The summed E-state index contributed by atoms with van der Waals surface area (Å²) < 4.78 is 73.7. The normalized spacial score (nSPS) is 39.5. The molecule has 8 aliphatic rings. The number of hydrogen-bond acceptors (Lipinski definition) is 10. The van der Waals surface area contributed by atoms with Gasteiger partial charge in [0.05, 0.1) is 10.8 Å². The first-order valence-corrected chi connectivity index (χ1v) is 15.5. The topological polar surface area (TPSA) is 167 Å². The lowest BCUT2D eigenvalue weighted by Gasteiger charge is -2.54. The molecule has 11 nitrogen and oxygen atoms in total. The van der Waals surface area contributed by atoms with E-state index in [9.17, 15) is 41.2 Å². The van der Waals surface area contributed by atoms with Crippen LogP contribution < -0.4 is 0 Å². The second-order valence-electron chi connectivity index (χ2n) is 13.3. The maximum atomic E-state index is 13.8. The molecule has 5 unspecified atom stereocenters. The molecule has 0 heterocycles. The maximum absolute atomic E-state index is 13.8. The molecular formula is C27H32F2O11S. The van der Waals surface area contributed by atoms with Crippen molar-refractivity contribution in [2.24, 2.45) is 46.3 Å². The molecule has 0 saturated heterocycles. The first-order valence-electron chi connectivity index (χ1n) is 14.1. The lowest BCUT2D eigenvalue weighted by Crippen LogP contribution is -2.56. The lowest BCUT2D eigenvalue weighted by atomic mass is 9.49. The fraction of sp³-hybridized carbons (Fsp3) is 0.815. The third-order valence-electron chi connectivity index (χ3n) is 10.5. The molecule has 5 atom stereocenters. The van der Waals surface area contributed by atoms with E-state index in [1.165, 1.54) is 0 Å². The quantitative estimate of drug-likeness (QED) is 0.234. The van der Waals surface area contributed by atoms with Crippen molar-refractivity contribution < 1.29 is 59.9 Å².